The highest BCUT2D eigenvalue weighted by molar-refractivity contribution is 4.80. The maximum atomic E-state index is 4.11. The van der Waals surface area contributed by atoms with Crippen LogP contribution in [0.3, 0.4) is 0 Å². The molecule has 2 nitrogen and oxygen atoms in total. The number of imidazole rings is 1. The summed E-state index contributed by atoms with van der Waals surface area (Å²) in [6, 6.07) is 0.577. The molecule has 0 aromatic carbocycles. The molecule has 1 aromatic rings. The molecule has 0 amide bonds. The monoisotopic (exact) mass is 222 g/mol. The molecular weight excluding hydrogens is 196 g/mol. The van der Waals surface area contributed by atoms with E-state index in [1.807, 2.05) is 12.5 Å². The Kier molecular flexibility index (Phi) is 6.20. The van der Waals surface area contributed by atoms with Gasteiger partial charge in [-0.05, 0) is 19.3 Å². The van der Waals surface area contributed by atoms with Crippen LogP contribution in [0.1, 0.15) is 65.3 Å². The van der Waals surface area contributed by atoms with E-state index >= 15 is 0 Å². The van der Waals surface area contributed by atoms with Crippen LogP contribution in [0.2, 0.25) is 0 Å². The Morgan fingerprint density at radius 3 is 2.50 bits per heavy atom. The van der Waals surface area contributed by atoms with E-state index in [0.717, 1.165) is 5.92 Å². The van der Waals surface area contributed by atoms with Crippen molar-refractivity contribution >= 4 is 0 Å². The molecule has 2 atom stereocenters. The third-order valence-corrected chi connectivity index (χ3v) is 3.58. The van der Waals surface area contributed by atoms with Gasteiger partial charge in [-0.3, -0.25) is 0 Å². The molecule has 0 saturated heterocycles. The van der Waals surface area contributed by atoms with Gasteiger partial charge in [-0.25, -0.2) is 4.98 Å². The lowest BCUT2D eigenvalue weighted by atomic mass is 9.96. The van der Waals surface area contributed by atoms with Crippen LogP contribution in [-0.4, -0.2) is 9.55 Å². The summed E-state index contributed by atoms with van der Waals surface area (Å²) in [5, 5.41) is 0. The van der Waals surface area contributed by atoms with Gasteiger partial charge in [0.05, 0.1) is 6.33 Å². The van der Waals surface area contributed by atoms with Gasteiger partial charge < -0.3 is 4.57 Å². The average Bonchev–Trinajstić information content (AvgIpc) is 2.81. The molecular formula is C14H26N2. The van der Waals surface area contributed by atoms with Gasteiger partial charge in [-0.2, -0.15) is 0 Å². The van der Waals surface area contributed by atoms with Crippen LogP contribution < -0.4 is 0 Å². The van der Waals surface area contributed by atoms with Crippen molar-refractivity contribution in [2.24, 2.45) is 5.92 Å². The van der Waals surface area contributed by atoms with Gasteiger partial charge in [0.25, 0.3) is 0 Å². The molecule has 0 N–H and O–H groups in total. The van der Waals surface area contributed by atoms with Crippen LogP contribution in [0.4, 0.5) is 0 Å². The third kappa shape index (κ3) is 4.38. The Hall–Kier alpha value is -0.790. The molecule has 0 spiro atoms. The highest BCUT2D eigenvalue weighted by Gasteiger charge is 2.12. The number of unbranched alkanes of at least 4 members (excludes halogenated alkanes) is 4. The van der Waals surface area contributed by atoms with Crippen molar-refractivity contribution in [3.8, 4) is 0 Å². The zero-order valence-electron chi connectivity index (χ0n) is 11.0. The molecule has 2 heteroatoms. The lowest BCUT2D eigenvalue weighted by Crippen LogP contribution is -2.12. The van der Waals surface area contributed by atoms with E-state index in [2.05, 4.69) is 36.5 Å². The van der Waals surface area contributed by atoms with Gasteiger partial charge in [0.1, 0.15) is 0 Å². The largest absolute Gasteiger partial charge is 0.334 e. The standard InChI is InChI=1S/C14H26N2/c1-4-5-6-7-8-9-13(2)14(3)16-11-10-15-12-16/h10-14H,4-9H2,1-3H3. The molecule has 2 unspecified atom stereocenters. The van der Waals surface area contributed by atoms with Crippen LogP contribution in [0.5, 0.6) is 0 Å². The Morgan fingerprint density at radius 1 is 1.12 bits per heavy atom. The second kappa shape index (κ2) is 7.48. The van der Waals surface area contributed by atoms with E-state index in [-0.39, 0.29) is 0 Å². The molecule has 0 fully saturated rings. The predicted octanol–water partition coefficient (Wildman–Crippen LogP) is 4.44. The van der Waals surface area contributed by atoms with E-state index in [9.17, 15) is 0 Å². The van der Waals surface area contributed by atoms with E-state index in [0.29, 0.717) is 6.04 Å². The van der Waals surface area contributed by atoms with Gasteiger partial charge in [0.2, 0.25) is 0 Å². The lowest BCUT2D eigenvalue weighted by Gasteiger charge is -2.21. The molecule has 1 heterocycles. The molecule has 0 aliphatic carbocycles. The Morgan fingerprint density at radius 2 is 1.88 bits per heavy atom. The smallest absolute Gasteiger partial charge is 0.0948 e. The highest BCUT2D eigenvalue weighted by Crippen LogP contribution is 2.22. The average molecular weight is 222 g/mol. The van der Waals surface area contributed by atoms with Crippen molar-refractivity contribution in [3.05, 3.63) is 18.7 Å². The molecule has 16 heavy (non-hydrogen) atoms. The van der Waals surface area contributed by atoms with Crippen LogP contribution in [0.15, 0.2) is 18.7 Å². The SMILES string of the molecule is CCCCCCCC(C)C(C)n1ccnc1. The molecule has 92 valence electrons. The number of rotatable bonds is 8. The van der Waals surface area contributed by atoms with E-state index in [1.165, 1.54) is 38.5 Å². The highest BCUT2D eigenvalue weighted by atomic mass is 15.0. The Bertz CT molecular complexity index is 254. The molecule has 0 aliphatic rings. The van der Waals surface area contributed by atoms with Gasteiger partial charge in [-0.1, -0.05) is 46.0 Å². The number of hydrogen-bond acceptors (Lipinski definition) is 1. The summed E-state index contributed by atoms with van der Waals surface area (Å²) in [4.78, 5) is 4.11. The summed E-state index contributed by atoms with van der Waals surface area (Å²) in [6.45, 7) is 6.91. The molecule has 1 aromatic heterocycles. The van der Waals surface area contributed by atoms with Crippen molar-refractivity contribution in [3.63, 3.8) is 0 Å². The fraction of sp³-hybridized carbons (Fsp3) is 0.786. The Labute approximate surface area is 100 Å². The first-order chi connectivity index (χ1) is 7.75. The lowest BCUT2D eigenvalue weighted by molar-refractivity contribution is 0.346. The minimum Gasteiger partial charge on any atom is -0.334 e. The van der Waals surface area contributed by atoms with Crippen molar-refractivity contribution < 1.29 is 0 Å². The van der Waals surface area contributed by atoms with Crippen LogP contribution >= 0.6 is 0 Å². The molecule has 0 bridgehead atoms. The van der Waals surface area contributed by atoms with E-state index in [4.69, 9.17) is 0 Å². The first kappa shape index (κ1) is 13.3. The second-order valence-electron chi connectivity index (χ2n) is 4.93. The zero-order valence-corrected chi connectivity index (χ0v) is 11.0. The summed E-state index contributed by atoms with van der Waals surface area (Å²) in [7, 11) is 0. The molecule has 0 radical (unpaired) electrons. The maximum Gasteiger partial charge on any atom is 0.0948 e. The number of nitrogens with zero attached hydrogens (tertiary/aromatic N) is 2. The normalized spacial score (nSPS) is 14.9. The minimum atomic E-state index is 0.577. The van der Waals surface area contributed by atoms with Crippen LogP contribution in [0, 0.1) is 5.92 Å². The van der Waals surface area contributed by atoms with Gasteiger partial charge in [0.15, 0.2) is 0 Å². The van der Waals surface area contributed by atoms with Crippen molar-refractivity contribution in [2.75, 3.05) is 0 Å². The second-order valence-corrected chi connectivity index (χ2v) is 4.93. The van der Waals surface area contributed by atoms with Gasteiger partial charge in [-0.15, -0.1) is 0 Å². The summed E-state index contributed by atoms with van der Waals surface area (Å²) >= 11 is 0. The topological polar surface area (TPSA) is 17.8 Å². The summed E-state index contributed by atoms with van der Waals surface area (Å²) in [5.74, 6) is 0.746. The third-order valence-electron chi connectivity index (χ3n) is 3.58. The van der Waals surface area contributed by atoms with E-state index < -0.39 is 0 Å². The molecule has 1 rings (SSSR count). The van der Waals surface area contributed by atoms with Crippen LogP contribution in [-0.2, 0) is 0 Å². The van der Waals surface area contributed by atoms with Crippen LogP contribution in [0.25, 0.3) is 0 Å². The summed E-state index contributed by atoms with van der Waals surface area (Å²) in [5.41, 5.74) is 0. The van der Waals surface area contributed by atoms with Gasteiger partial charge in [0, 0.05) is 18.4 Å². The molecule has 0 aliphatic heterocycles. The first-order valence-corrected chi connectivity index (χ1v) is 6.73. The van der Waals surface area contributed by atoms with Crippen molar-refractivity contribution in [2.45, 2.75) is 65.3 Å². The van der Waals surface area contributed by atoms with E-state index in [1.54, 1.807) is 0 Å². The fourth-order valence-electron chi connectivity index (χ4n) is 2.12. The first-order valence-electron chi connectivity index (χ1n) is 6.73. The predicted molar refractivity (Wildman–Crippen MR) is 69.5 cm³/mol. The molecule has 0 saturated carbocycles. The summed E-state index contributed by atoms with van der Waals surface area (Å²) < 4.78 is 2.22. The minimum absolute atomic E-state index is 0.577. The summed E-state index contributed by atoms with van der Waals surface area (Å²) in [6.07, 6.45) is 14.1. The number of hydrogen-bond donors (Lipinski definition) is 0. The Balaban J connectivity index is 2.17. The van der Waals surface area contributed by atoms with Crippen molar-refractivity contribution in [1.82, 2.24) is 9.55 Å². The fourth-order valence-corrected chi connectivity index (χ4v) is 2.12. The maximum absolute atomic E-state index is 4.11. The van der Waals surface area contributed by atoms with Crippen molar-refractivity contribution in [1.29, 1.82) is 0 Å². The van der Waals surface area contributed by atoms with Gasteiger partial charge >= 0.3 is 0 Å². The number of aromatic nitrogens is 2. The zero-order chi connectivity index (χ0) is 11.8. The quantitative estimate of drug-likeness (QED) is 0.594.